The van der Waals surface area contributed by atoms with Crippen LogP contribution in [0.15, 0.2) is 84.0 Å². The molecule has 9 heteroatoms. The molecule has 9 nitrogen and oxygen atoms in total. The van der Waals surface area contributed by atoms with Gasteiger partial charge in [0.1, 0.15) is 17.2 Å². The largest absolute Gasteiger partial charge is 0.494 e. The van der Waals surface area contributed by atoms with Crippen molar-refractivity contribution >= 4 is 11.8 Å². The number of aromatic amines is 1. The van der Waals surface area contributed by atoms with Gasteiger partial charge in [0.2, 0.25) is 5.56 Å². The molecule has 3 aliphatic rings. The number of benzene rings is 2. The van der Waals surface area contributed by atoms with Crippen molar-refractivity contribution in [2.45, 2.75) is 18.9 Å². The third-order valence-electron chi connectivity index (χ3n) is 6.90. The highest BCUT2D eigenvalue weighted by Gasteiger charge is 2.33. The highest BCUT2D eigenvalue weighted by atomic mass is 16.5. The van der Waals surface area contributed by atoms with Gasteiger partial charge in [0.15, 0.2) is 0 Å². The summed E-state index contributed by atoms with van der Waals surface area (Å²) in [5.74, 6) is 1.36. The second kappa shape index (κ2) is 10.4. The third-order valence-corrected chi connectivity index (χ3v) is 6.90. The topological polar surface area (TPSA) is 114 Å². The van der Waals surface area contributed by atoms with Crippen LogP contribution in [0.4, 0.5) is 0 Å². The predicted octanol–water partition coefficient (Wildman–Crippen LogP) is 3.86. The van der Waals surface area contributed by atoms with Gasteiger partial charge < -0.3 is 24.7 Å². The van der Waals surface area contributed by atoms with Crippen molar-refractivity contribution in [2.75, 3.05) is 19.7 Å². The molecule has 3 aliphatic heterocycles. The number of carbonyl (C=O) groups is 2. The highest BCUT2D eigenvalue weighted by Crippen LogP contribution is 2.39. The van der Waals surface area contributed by atoms with Crippen LogP contribution < -0.4 is 20.3 Å². The number of hydrogen-bond donors (Lipinski definition) is 2. The van der Waals surface area contributed by atoms with Gasteiger partial charge in [-0.25, -0.2) is 0 Å². The minimum absolute atomic E-state index is 0.172. The fourth-order valence-corrected chi connectivity index (χ4v) is 5.03. The maximum Gasteiger partial charge on any atom is 0.256 e. The molecule has 0 fully saturated rings. The summed E-state index contributed by atoms with van der Waals surface area (Å²) in [6.45, 7) is 1.33. The molecule has 2 aromatic heterocycles. The first-order chi connectivity index (χ1) is 19.0. The predicted molar refractivity (Wildman–Crippen MR) is 143 cm³/mol. The number of nitrogens with zero attached hydrogens (tertiary/aromatic N) is 2. The van der Waals surface area contributed by atoms with Gasteiger partial charge in [-0.2, -0.15) is 0 Å². The van der Waals surface area contributed by atoms with Crippen LogP contribution in [0.2, 0.25) is 0 Å². The molecule has 0 aliphatic carbocycles. The van der Waals surface area contributed by atoms with E-state index in [0.29, 0.717) is 60.9 Å². The Bertz CT molecular complexity index is 1590. The number of fused-ring (bicyclic) bond motifs is 6. The molecule has 39 heavy (non-hydrogen) atoms. The van der Waals surface area contributed by atoms with E-state index in [1.54, 1.807) is 18.3 Å². The zero-order valence-electron chi connectivity index (χ0n) is 21.1. The fraction of sp³-hybridized carbons (Fsp3) is 0.200. The summed E-state index contributed by atoms with van der Waals surface area (Å²) in [4.78, 5) is 46.5. The van der Waals surface area contributed by atoms with Crippen LogP contribution >= 0.6 is 0 Å². The Balaban J connectivity index is 1.43. The highest BCUT2D eigenvalue weighted by molar-refractivity contribution is 5.95. The number of pyridine rings is 2. The van der Waals surface area contributed by atoms with E-state index in [-0.39, 0.29) is 23.4 Å². The van der Waals surface area contributed by atoms with E-state index in [4.69, 9.17) is 9.47 Å². The van der Waals surface area contributed by atoms with Crippen LogP contribution in [0.5, 0.6) is 17.2 Å². The SMILES string of the molecule is O=C1NCCCOc2cccc(c2)C2c3ccc(cc3CCN2C(=O)c2ccc(=O)[nH]c2)Oc2cncc1c2. The molecule has 5 heterocycles. The average Bonchev–Trinajstić information content (AvgIpc) is 2.96. The molecule has 2 amide bonds. The zero-order chi connectivity index (χ0) is 26.8. The van der Waals surface area contributed by atoms with Crippen molar-refractivity contribution in [2.24, 2.45) is 0 Å². The Kier molecular flexibility index (Phi) is 6.54. The standard InChI is InChI=1S/C30H26N4O5/c35-27-8-5-21(17-33-27)30(37)34-11-9-19-13-24-6-7-26(19)28(34)20-3-1-4-23(14-20)38-12-2-10-32-29(36)22-15-25(39-24)18-31-16-22/h1,3-8,13-18,28H,2,9-12H2,(H,32,36)(H,33,35). The lowest BCUT2D eigenvalue weighted by Gasteiger charge is -2.38. The molecule has 0 spiro atoms. The molecule has 196 valence electrons. The quantitative estimate of drug-likeness (QED) is 0.393. The van der Waals surface area contributed by atoms with E-state index in [0.717, 1.165) is 16.7 Å². The second-order valence-corrected chi connectivity index (χ2v) is 9.50. The number of aromatic nitrogens is 2. The Morgan fingerprint density at radius 2 is 1.90 bits per heavy atom. The number of hydrogen-bond acceptors (Lipinski definition) is 6. The smallest absolute Gasteiger partial charge is 0.256 e. The molecule has 0 saturated carbocycles. The lowest BCUT2D eigenvalue weighted by Crippen LogP contribution is -2.40. The van der Waals surface area contributed by atoms with Gasteiger partial charge in [0.05, 0.1) is 30.0 Å². The Hall–Kier alpha value is -4.92. The Morgan fingerprint density at radius 3 is 2.77 bits per heavy atom. The van der Waals surface area contributed by atoms with E-state index < -0.39 is 0 Å². The van der Waals surface area contributed by atoms with Crippen molar-refractivity contribution < 1.29 is 19.1 Å². The van der Waals surface area contributed by atoms with Gasteiger partial charge in [-0.3, -0.25) is 19.4 Å². The normalized spacial score (nSPS) is 16.8. The maximum absolute atomic E-state index is 13.7. The number of amides is 2. The summed E-state index contributed by atoms with van der Waals surface area (Å²) in [6, 6.07) is 17.8. The molecular formula is C30H26N4O5. The van der Waals surface area contributed by atoms with Gasteiger partial charge in [0, 0.05) is 31.5 Å². The minimum atomic E-state index is -0.367. The maximum atomic E-state index is 13.7. The monoisotopic (exact) mass is 522 g/mol. The molecule has 8 bridgehead atoms. The van der Waals surface area contributed by atoms with Crippen molar-refractivity contribution in [3.63, 3.8) is 0 Å². The summed E-state index contributed by atoms with van der Waals surface area (Å²) in [7, 11) is 0. The Morgan fingerprint density at radius 1 is 0.974 bits per heavy atom. The van der Waals surface area contributed by atoms with Gasteiger partial charge in [0.25, 0.3) is 11.8 Å². The lowest BCUT2D eigenvalue weighted by molar-refractivity contribution is 0.0693. The summed E-state index contributed by atoms with van der Waals surface area (Å²) in [6.07, 6.45) is 5.77. The molecular weight excluding hydrogens is 496 g/mol. The van der Waals surface area contributed by atoms with Crippen LogP contribution in [0.3, 0.4) is 0 Å². The number of H-pyrrole nitrogens is 1. The minimum Gasteiger partial charge on any atom is -0.494 e. The van der Waals surface area contributed by atoms with Gasteiger partial charge in [-0.05, 0) is 65.9 Å². The van der Waals surface area contributed by atoms with Crippen molar-refractivity contribution in [3.8, 4) is 17.2 Å². The van der Waals surface area contributed by atoms with E-state index in [1.165, 1.54) is 18.5 Å². The molecule has 0 saturated heterocycles. The number of rotatable bonds is 1. The lowest BCUT2D eigenvalue weighted by atomic mass is 9.87. The molecule has 0 radical (unpaired) electrons. The summed E-state index contributed by atoms with van der Waals surface area (Å²) in [5.41, 5.74) is 3.51. The molecule has 4 aromatic rings. The number of nitrogens with one attached hydrogen (secondary N) is 2. The van der Waals surface area contributed by atoms with Gasteiger partial charge in [-0.15, -0.1) is 0 Å². The average molecular weight is 523 g/mol. The van der Waals surface area contributed by atoms with Crippen molar-refractivity contribution in [3.05, 3.63) is 117 Å². The molecule has 1 unspecified atom stereocenters. The van der Waals surface area contributed by atoms with Crippen LogP contribution in [-0.4, -0.2) is 46.4 Å². The first kappa shape index (κ1) is 24.4. The van der Waals surface area contributed by atoms with Crippen molar-refractivity contribution in [1.82, 2.24) is 20.2 Å². The first-order valence-corrected chi connectivity index (χ1v) is 12.8. The first-order valence-electron chi connectivity index (χ1n) is 12.8. The van der Waals surface area contributed by atoms with Crippen LogP contribution in [0.1, 0.15) is 49.9 Å². The summed E-state index contributed by atoms with van der Waals surface area (Å²) < 4.78 is 12.1. The summed E-state index contributed by atoms with van der Waals surface area (Å²) >= 11 is 0. The Labute approximate surface area is 224 Å². The number of ether oxygens (including phenoxy) is 2. The number of carbonyl (C=O) groups excluding carboxylic acids is 2. The molecule has 1 atom stereocenters. The molecule has 2 N–H and O–H groups in total. The zero-order valence-corrected chi connectivity index (χ0v) is 21.1. The second-order valence-electron chi connectivity index (χ2n) is 9.50. The van der Waals surface area contributed by atoms with Crippen LogP contribution in [-0.2, 0) is 6.42 Å². The van der Waals surface area contributed by atoms with E-state index in [1.807, 2.05) is 47.4 Å². The van der Waals surface area contributed by atoms with E-state index >= 15 is 0 Å². The van der Waals surface area contributed by atoms with Gasteiger partial charge in [-0.1, -0.05) is 18.2 Å². The summed E-state index contributed by atoms with van der Waals surface area (Å²) in [5, 5.41) is 2.89. The van der Waals surface area contributed by atoms with Crippen LogP contribution in [0.25, 0.3) is 0 Å². The fourth-order valence-electron chi connectivity index (χ4n) is 5.03. The van der Waals surface area contributed by atoms with E-state index in [9.17, 15) is 14.4 Å². The molecule has 2 aromatic carbocycles. The van der Waals surface area contributed by atoms with Crippen molar-refractivity contribution in [1.29, 1.82) is 0 Å². The van der Waals surface area contributed by atoms with Gasteiger partial charge >= 0.3 is 0 Å². The third kappa shape index (κ3) is 5.11. The van der Waals surface area contributed by atoms with Crippen LogP contribution in [0, 0.1) is 0 Å². The van der Waals surface area contributed by atoms with E-state index in [2.05, 4.69) is 15.3 Å². The molecule has 7 rings (SSSR count).